The van der Waals surface area contributed by atoms with Gasteiger partial charge >= 0.3 is 0 Å². The van der Waals surface area contributed by atoms with Crippen LogP contribution >= 0.6 is 22.6 Å². The standard InChI is InChI=1S/C30H31IN2O4/c1-20-7-4-5-8-23(20)19-37-25-15-11-22(12-16-25)28(34)26-27(21-9-13-24(31)14-10-21)33(30(36)29(26)35)18-6-17-32(2)3/h4-5,7-16,27,34H,6,17-19H2,1-3H3. The predicted molar refractivity (Wildman–Crippen MR) is 153 cm³/mol. The lowest BCUT2D eigenvalue weighted by atomic mass is 9.95. The quantitative estimate of drug-likeness (QED) is 0.149. The first kappa shape index (κ1) is 26.9. The number of benzene rings is 3. The molecule has 0 bridgehead atoms. The second-order valence-corrected chi connectivity index (χ2v) is 10.7. The molecule has 1 atom stereocenters. The highest BCUT2D eigenvalue weighted by Crippen LogP contribution is 2.39. The lowest BCUT2D eigenvalue weighted by Crippen LogP contribution is -2.32. The number of halogens is 1. The number of aryl methyl sites for hydroxylation is 1. The molecule has 192 valence electrons. The number of hydrogen-bond acceptors (Lipinski definition) is 5. The Labute approximate surface area is 231 Å². The summed E-state index contributed by atoms with van der Waals surface area (Å²) >= 11 is 2.22. The molecule has 0 spiro atoms. The summed E-state index contributed by atoms with van der Waals surface area (Å²) in [5, 5.41) is 11.3. The van der Waals surface area contributed by atoms with Gasteiger partial charge in [-0.25, -0.2) is 0 Å². The van der Waals surface area contributed by atoms with E-state index in [-0.39, 0.29) is 11.3 Å². The molecule has 3 aromatic carbocycles. The van der Waals surface area contributed by atoms with Crippen LogP contribution in [0.2, 0.25) is 0 Å². The number of carbonyl (C=O) groups is 2. The number of ketones is 1. The maximum Gasteiger partial charge on any atom is 0.295 e. The van der Waals surface area contributed by atoms with Gasteiger partial charge in [0.25, 0.3) is 11.7 Å². The molecule has 3 aromatic rings. The third-order valence-corrected chi connectivity index (χ3v) is 7.23. The summed E-state index contributed by atoms with van der Waals surface area (Å²) in [4.78, 5) is 29.9. The predicted octanol–water partition coefficient (Wildman–Crippen LogP) is 5.55. The van der Waals surface area contributed by atoms with Crippen LogP contribution in [0.1, 0.15) is 34.7 Å². The summed E-state index contributed by atoms with van der Waals surface area (Å²) in [6, 6.07) is 22.1. The van der Waals surface area contributed by atoms with Crippen molar-refractivity contribution in [3.63, 3.8) is 0 Å². The van der Waals surface area contributed by atoms with Crippen molar-refractivity contribution in [1.29, 1.82) is 0 Å². The van der Waals surface area contributed by atoms with E-state index in [4.69, 9.17) is 4.74 Å². The van der Waals surface area contributed by atoms with Gasteiger partial charge in [0, 0.05) is 15.7 Å². The van der Waals surface area contributed by atoms with E-state index in [0.29, 0.717) is 30.9 Å². The number of aliphatic hydroxyl groups excluding tert-OH is 1. The highest BCUT2D eigenvalue weighted by molar-refractivity contribution is 14.1. The molecule has 37 heavy (non-hydrogen) atoms. The lowest BCUT2D eigenvalue weighted by molar-refractivity contribution is -0.139. The van der Waals surface area contributed by atoms with Crippen molar-refractivity contribution in [1.82, 2.24) is 9.80 Å². The molecule has 1 saturated heterocycles. The summed E-state index contributed by atoms with van der Waals surface area (Å²) in [6.45, 7) is 3.68. The molecule has 1 fully saturated rings. The second-order valence-electron chi connectivity index (χ2n) is 9.44. The number of carbonyl (C=O) groups excluding carboxylic acids is 2. The fourth-order valence-electron chi connectivity index (χ4n) is 4.46. The zero-order valence-corrected chi connectivity index (χ0v) is 23.4. The number of aliphatic hydroxyl groups is 1. The molecule has 7 heteroatoms. The average molecular weight is 610 g/mol. The summed E-state index contributed by atoms with van der Waals surface area (Å²) in [5.74, 6) is -0.770. The molecule has 1 amide bonds. The van der Waals surface area contributed by atoms with Crippen molar-refractivity contribution >= 4 is 40.0 Å². The summed E-state index contributed by atoms with van der Waals surface area (Å²) in [6.07, 6.45) is 0.716. The maximum absolute atomic E-state index is 13.2. The zero-order chi connectivity index (χ0) is 26.5. The average Bonchev–Trinajstić information content (AvgIpc) is 3.13. The molecule has 1 N–H and O–H groups in total. The molecule has 4 rings (SSSR count). The normalized spacial score (nSPS) is 17.0. The Hall–Kier alpha value is -3.17. The molecule has 0 radical (unpaired) electrons. The van der Waals surface area contributed by atoms with E-state index in [1.54, 1.807) is 29.2 Å². The Morgan fingerprint density at radius 3 is 2.32 bits per heavy atom. The summed E-state index contributed by atoms with van der Waals surface area (Å²) in [7, 11) is 3.94. The van der Waals surface area contributed by atoms with Crippen LogP contribution in [0.3, 0.4) is 0 Å². The Morgan fingerprint density at radius 2 is 1.68 bits per heavy atom. The van der Waals surface area contributed by atoms with Crippen LogP contribution in [0, 0.1) is 10.5 Å². The van der Waals surface area contributed by atoms with E-state index in [1.165, 1.54) is 0 Å². The number of amides is 1. The molecule has 0 aromatic heterocycles. The van der Waals surface area contributed by atoms with Crippen molar-refractivity contribution in [2.45, 2.75) is 26.0 Å². The molecule has 1 heterocycles. The number of rotatable bonds is 9. The minimum Gasteiger partial charge on any atom is -0.507 e. The van der Waals surface area contributed by atoms with Gasteiger partial charge in [-0.05, 0) is 110 Å². The summed E-state index contributed by atoms with van der Waals surface area (Å²) < 4.78 is 6.97. The summed E-state index contributed by atoms with van der Waals surface area (Å²) in [5.41, 5.74) is 3.63. The molecule has 1 unspecified atom stereocenters. The number of hydrogen-bond donors (Lipinski definition) is 1. The number of ether oxygens (including phenoxy) is 1. The molecule has 1 aliphatic rings. The van der Waals surface area contributed by atoms with Crippen LogP contribution in [-0.4, -0.2) is 53.8 Å². The highest BCUT2D eigenvalue weighted by atomic mass is 127. The van der Waals surface area contributed by atoms with E-state index in [1.807, 2.05) is 74.4 Å². The van der Waals surface area contributed by atoms with Gasteiger partial charge in [0.1, 0.15) is 18.1 Å². The van der Waals surface area contributed by atoms with Crippen LogP contribution in [0.5, 0.6) is 5.75 Å². The number of nitrogens with zero attached hydrogens (tertiary/aromatic N) is 2. The highest BCUT2D eigenvalue weighted by Gasteiger charge is 2.45. The zero-order valence-electron chi connectivity index (χ0n) is 21.3. The first-order valence-electron chi connectivity index (χ1n) is 12.2. The first-order valence-corrected chi connectivity index (χ1v) is 13.3. The largest absolute Gasteiger partial charge is 0.507 e. The number of likely N-dealkylation sites (tertiary alicyclic amines) is 1. The maximum atomic E-state index is 13.2. The third-order valence-electron chi connectivity index (χ3n) is 6.51. The van der Waals surface area contributed by atoms with Crippen LogP contribution < -0.4 is 4.74 Å². The van der Waals surface area contributed by atoms with Crippen molar-refractivity contribution in [3.05, 3.63) is 104 Å². The Morgan fingerprint density at radius 1 is 1.00 bits per heavy atom. The fourth-order valence-corrected chi connectivity index (χ4v) is 4.82. The van der Waals surface area contributed by atoms with Crippen LogP contribution in [0.4, 0.5) is 0 Å². The van der Waals surface area contributed by atoms with Crippen LogP contribution in [0.15, 0.2) is 78.4 Å². The topological polar surface area (TPSA) is 70.1 Å². The minimum absolute atomic E-state index is 0.115. The fraction of sp³-hybridized carbons (Fsp3) is 0.267. The van der Waals surface area contributed by atoms with Gasteiger partial charge in [-0.1, -0.05) is 36.4 Å². The van der Waals surface area contributed by atoms with Gasteiger partial charge in [-0.3, -0.25) is 9.59 Å². The molecule has 6 nitrogen and oxygen atoms in total. The van der Waals surface area contributed by atoms with Gasteiger partial charge in [0.05, 0.1) is 11.6 Å². The number of Topliss-reactive ketones (excluding diaryl/α,β-unsaturated/α-hetero) is 1. The van der Waals surface area contributed by atoms with E-state index < -0.39 is 17.7 Å². The van der Waals surface area contributed by atoms with Gasteiger partial charge in [-0.15, -0.1) is 0 Å². The second kappa shape index (κ2) is 11.9. The molecule has 0 aliphatic carbocycles. The van der Waals surface area contributed by atoms with Crippen molar-refractivity contribution in [2.24, 2.45) is 0 Å². The van der Waals surface area contributed by atoms with Crippen LogP contribution in [0.25, 0.3) is 5.76 Å². The lowest BCUT2D eigenvalue weighted by Gasteiger charge is -2.26. The smallest absolute Gasteiger partial charge is 0.295 e. The van der Waals surface area contributed by atoms with Crippen molar-refractivity contribution < 1.29 is 19.4 Å². The third kappa shape index (κ3) is 6.22. The molecule has 0 saturated carbocycles. The monoisotopic (exact) mass is 610 g/mol. The Balaban J connectivity index is 1.63. The van der Waals surface area contributed by atoms with Gasteiger partial charge < -0.3 is 19.6 Å². The van der Waals surface area contributed by atoms with Crippen molar-refractivity contribution in [2.75, 3.05) is 27.2 Å². The van der Waals surface area contributed by atoms with E-state index in [9.17, 15) is 14.7 Å². The molecular weight excluding hydrogens is 579 g/mol. The van der Waals surface area contributed by atoms with Gasteiger partial charge in [0.15, 0.2) is 0 Å². The Kier molecular flexibility index (Phi) is 8.66. The minimum atomic E-state index is -0.661. The van der Waals surface area contributed by atoms with E-state index in [0.717, 1.165) is 26.8 Å². The Bertz CT molecular complexity index is 1300. The van der Waals surface area contributed by atoms with Crippen LogP contribution in [-0.2, 0) is 16.2 Å². The van der Waals surface area contributed by atoms with Gasteiger partial charge in [0.2, 0.25) is 0 Å². The first-order chi connectivity index (χ1) is 17.8. The molecular formula is C30H31IN2O4. The van der Waals surface area contributed by atoms with E-state index >= 15 is 0 Å². The van der Waals surface area contributed by atoms with Crippen molar-refractivity contribution in [3.8, 4) is 5.75 Å². The molecule has 1 aliphatic heterocycles. The SMILES string of the molecule is Cc1ccccc1COc1ccc(C(O)=C2C(=O)C(=O)N(CCCN(C)C)C2c2ccc(I)cc2)cc1. The van der Waals surface area contributed by atoms with Gasteiger partial charge in [-0.2, -0.15) is 0 Å². The van der Waals surface area contributed by atoms with E-state index in [2.05, 4.69) is 22.6 Å².